The van der Waals surface area contributed by atoms with E-state index in [-0.39, 0.29) is 31.4 Å². The second-order valence-electron chi connectivity index (χ2n) is 9.46. The summed E-state index contributed by atoms with van der Waals surface area (Å²) >= 11 is 0. The van der Waals surface area contributed by atoms with Crippen molar-refractivity contribution < 1.29 is 29.0 Å². The number of benzene rings is 2. The standard InChI is InChI=1S/C26H30N2O6/c1-26(2)15-28(22(26)24(30)31)23(29)21(33-3)12-13-27-25(32)34-14-20-18-10-6-4-8-16(18)17-9-5-7-11-19(17)20/h4-11,20-22H,12-15H2,1-3H3,(H,27,32)(H,30,31). The van der Waals surface area contributed by atoms with Crippen molar-refractivity contribution in [3.8, 4) is 11.1 Å². The van der Waals surface area contributed by atoms with E-state index >= 15 is 0 Å². The number of fused-ring (bicyclic) bond motifs is 3. The molecule has 1 aliphatic carbocycles. The molecular formula is C26H30N2O6. The maximum atomic E-state index is 12.8. The summed E-state index contributed by atoms with van der Waals surface area (Å²) in [4.78, 5) is 38.0. The van der Waals surface area contributed by atoms with Crippen LogP contribution in [0.2, 0.25) is 0 Å². The van der Waals surface area contributed by atoms with Crippen molar-refractivity contribution in [2.75, 3.05) is 26.8 Å². The molecule has 0 radical (unpaired) electrons. The molecule has 180 valence electrons. The summed E-state index contributed by atoms with van der Waals surface area (Å²) in [6.07, 6.45) is -1.20. The van der Waals surface area contributed by atoms with Crippen LogP contribution in [0.1, 0.15) is 37.3 Å². The number of hydrogen-bond acceptors (Lipinski definition) is 5. The predicted molar refractivity (Wildman–Crippen MR) is 125 cm³/mol. The van der Waals surface area contributed by atoms with Gasteiger partial charge in [0.2, 0.25) is 0 Å². The van der Waals surface area contributed by atoms with Crippen molar-refractivity contribution in [3.05, 3.63) is 59.7 Å². The van der Waals surface area contributed by atoms with Gasteiger partial charge in [0.15, 0.2) is 0 Å². The molecule has 2 aliphatic rings. The molecule has 4 rings (SSSR count). The van der Waals surface area contributed by atoms with E-state index in [0.29, 0.717) is 6.54 Å². The van der Waals surface area contributed by atoms with Gasteiger partial charge in [0.25, 0.3) is 5.91 Å². The Morgan fingerprint density at radius 3 is 2.21 bits per heavy atom. The molecule has 0 spiro atoms. The summed E-state index contributed by atoms with van der Waals surface area (Å²) < 4.78 is 10.8. The number of nitrogens with one attached hydrogen (secondary N) is 1. The van der Waals surface area contributed by atoms with Crippen molar-refractivity contribution in [1.82, 2.24) is 10.2 Å². The molecule has 0 saturated carbocycles. The van der Waals surface area contributed by atoms with Crippen molar-refractivity contribution >= 4 is 18.0 Å². The Hall–Kier alpha value is -3.39. The molecular weight excluding hydrogens is 436 g/mol. The molecule has 2 N–H and O–H groups in total. The molecule has 1 saturated heterocycles. The number of carbonyl (C=O) groups excluding carboxylic acids is 2. The lowest BCUT2D eigenvalue weighted by molar-refractivity contribution is -0.177. The number of alkyl carbamates (subject to hydrolysis) is 1. The lowest BCUT2D eigenvalue weighted by atomic mass is 9.74. The van der Waals surface area contributed by atoms with Gasteiger partial charge in [0.05, 0.1) is 0 Å². The molecule has 2 unspecified atom stereocenters. The van der Waals surface area contributed by atoms with E-state index in [1.54, 1.807) is 0 Å². The van der Waals surface area contributed by atoms with Gasteiger partial charge >= 0.3 is 12.1 Å². The van der Waals surface area contributed by atoms with Crippen LogP contribution in [-0.2, 0) is 19.1 Å². The van der Waals surface area contributed by atoms with Gasteiger partial charge in [-0.15, -0.1) is 0 Å². The number of aliphatic carboxylic acids is 1. The molecule has 1 heterocycles. The fourth-order valence-electron chi connectivity index (χ4n) is 5.08. The topological polar surface area (TPSA) is 105 Å². The zero-order valence-corrected chi connectivity index (χ0v) is 19.6. The van der Waals surface area contributed by atoms with Gasteiger partial charge < -0.3 is 24.8 Å². The maximum Gasteiger partial charge on any atom is 0.407 e. The van der Waals surface area contributed by atoms with Crippen LogP contribution >= 0.6 is 0 Å². The zero-order chi connectivity index (χ0) is 24.5. The SMILES string of the molecule is COC(CCNC(=O)OCC1c2ccccc2-c2ccccc21)C(=O)N1CC(C)(C)C1C(=O)O. The molecule has 2 aromatic carbocycles. The first-order valence-corrected chi connectivity index (χ1v) is 11.4. The van der Waals surface area contributed by atoms with Gasteiger partial charge in [-0.1, -0.05) is 62.4 Å². The van der Waals surface area contributed by atoms with Crippen LogP contribution < -0.4 is 5.32 Å². The molecule has 1 aliphatic heterocycles. The van der Waals surface area contributed by atoms with Crippen LogP contribution in [0.25, 0.3) is 11.1 Å². The first-order valence-electron chi connectivity index (χ1n) is 11.4. The average Bonchev–Trinajstić information content (AvgIpc) is 3.12. The number of rotatable bonds is 8. The Bertz CT molecular complexity index is 1050. The summed E-state index contributed by atoms with van der Waals surface area (Å²) in [6.45, 7) is 4.35. The summed E-state index contributed by atoms with van der Waals surface area (Å²) in [5.74, 6) is -1.45. The highest BCUT2D eigenvalue weighted by molar-refractivity contribution is 5.89. The van der Waals surface area contributed by atoms with Crippen molar-refractivity contribution in [2.45, 2.75) is 38.3 Å². The smallest absolute Gasteiger partial charge is 0.407 e. The summed E-state index contributed by atoms with van der Waals surface area (Å²) in [5, 5.41) is 12.1. The average molecular weight is 467 g/mol. The van der Waals surface area contributed by atoms with Crippen molar-refractivity contribution in [1.29, 1.82) is 0 Å². The summed E-state index contributed by atoms with van der Waals surface area (Å²) in [6, 6.07) is 15.3. The third kappa shape index (κ3) is 4.37. The number of nitrogens with zero attached hydrogens (tertiary/aromatic N) is 1. The van der Waals surface area contributed by atoms with E-state index < -0.39 is 29.6 Å². The number of methoxy groups -OCH3 is 1. The number of ether oxygens (including phenoxy) is 2. The Morgan fingerprint density at radius 2 is 1.68 bits per heavy atom. The minimum atomic E-state index is -1.03. The van der Waals surface area contributed by atoms with E-state index in [2.05, 4.69) is 29.6 Å². The molecule has 0 aromatic heterocycles. The van der Waals surface area contributed by atoms with Crippen LogP contribution in [-0.4, -0.2) is 66.9 Å². The lowest BCUT2D eigenvalue weighted by Gasteiger charge is -2.52. The minimum absolute atomic E-state index is 0.0332. The Labute approximate surface area is 198 Å². The van der Waals surface area contributed by atoms with Gasteiger partial charge in [-0.3, -0.25) is 4.79 Å². The fourth-order valence-corrected chi connectivity index (χ4v) is 5.08. The van der Waals surface area contributed by atoms with Gasteiger partial charge in [0.1, 0.15) is 18.8 Å². The van der Waals surface area contributed by atoms with Gasteiger partial charge in [0, 0.05) is 38.0 Å². The molecule has 2 amide bonds. The third-order valence-electron chi connectivity index (χ3n) is 6.73. The Balaban J connectivity index is 1.28. The highest BCUT2D eigenvalue weighted by Crippen LogP contribution is 2.44. The number of amides is 2. The summed E-state index contributed by atoms with van der Waals surface area (Å²) in [5.41, 5.74) is 4.09. The number of hydrogen-bond donors (Lipinski definition) is 2. The van der Waals surface area contributed by atoms with Crippen LogP contribution in [0.4, 0.5) is 4.79 Å². The van der Waals surface area contributed by atoms with E-state index in [1.165, 1.54) is 12.0 Å². The molecule has 34 heavy (non-hydrogen) atoms. The number of carbonyl (C=O) groups is 3. The molecule has 2 atom stereocenters. The molecule has 8 nitrogen and oxygen atoms in total. The second kappa shape index (κ2) is 9.46. The van der Waals surface area contributed by atoms with Gasteiger partial charge in [-0.2, -0.15) is 0 Å². The highest BCUT2D eigenvalue weighted by atomic mass is 16.5. The predicted octanol–water partition coefficient (Wildman–Crippen LogP) is 3.25. The van der Waals surface area contributed by atoms with E-state index in [0.717, 1.165) is 22.3 Å². The zero-order valence-electron chi connectivity index (χ0n) is 19.6. The van der Waals surface area contributed by atoms with Crippen LogP contribution in [0.5, 0.6) is 0 Å². The highest BCUT2D eigenvalue weighted by Gasteiger charge is 2.53. The summed E-state index contributed by atoms with van der Waals surface area (Å²) in [7, 11) is 1.40. The third-order valence-corrected chi connectivity index (χ3v) is 6.73. The van der Waals surface area contributed by atoms with E-state index in [9.17, 15) is 19.5 Å². The Morgan fingerprint density at radius 1 is 1.09 bits per heavy atom. The molecule has 1 fully saturated rings. The quantitative estimate of drug-likeness (QED) is 0.619. The minimum Gasteiger partial charge on any atom is -0.480 e. The normalized spacial score (nSPS) is 18.9. The van der Waals surface area contributed by atoms with Crippen LogP contribution in [0.3, 0.4) is 0 Å². The number of carboxylic acid groups (broad SMARTS) is 1. The van der Waals surface area contributed by atoms with Gasteiger partial charge in [-0.05, 0) is 22.3 Å². The monoisotopic (exact) mass is 466 g/mol. The van der Waals surface area contributed by atoms with Crippen molar-refractivity contribution in [3.63, 3.8) is 0 Å². The van der Waals surface area contributed by atoms with E-state index in [4.69, 9.17) is 9.47 Å². The lowest BCUT2D eigenvalue weighted by Crippen LogP contribution is -2.68. The fraction of sp³-hybridized carbons (Fsp3) is 0.423. The number of likely N-dealkylation sites (tertiary alicyclic amines) is 1. The van der Waals surface area contributed by atoms with Crippen LogP contribution in [0.15, 0.2) is 48.5 Å². The van der Waals surface area contributed by atoms with Crippen molar-refractivity contribution in [2.24, 2.45) is 5.41 Å². The largest absolute Gasteiger partial charge is 0.480 e. The first kappa shape index (κ1) is 23.8. The molecule has 0 bridgehead atoms. The molecule has 2 aromatic rings. The van der Waals surface area contributed by atoms with Crippen LogP contribution in [0, 0.1) is 5.41 Å². The second-order valence-corrected chi connectivity index (χ2v) is 9.46. The maximum absolute atomic E-state index is 12.8. The molecule has 8 heteroatoms. The number of carboxylic acids is 1. The Kier molecular flexibility index (Phi) is 6.61. The van der Waals surface area contributed by atoms with E-state index in [1.807, 2.05) is 38.1 Å². The van der Waals surface area contributed by atoms with Gasteiger partial charge in [-0.25, -0.2) is 9.59 Å². The first-order chi connectivity index (χ1) is 16.2.